The molecule has 0 N–H and O–H groups in total. The van der Waals surface area contributed by atoms with Crippen molar-refractivity contribution >= 4 is 21.5 Å². The molecule has 2 heteroatoms. The molecule has 0 spiro atoms. The third-order valence-electron chi connectivity index (χ3n) is 11.2. The van der Waals surface area contributed by atoms with Gasteiger partial charge in [-0.25, -0.2) is 12.1 Å². The SMILES string of the molecule is CC(C)(c1ccccc1)c1ccc2c3ccc(C(C)(C)c4ccccc4)cc3[c-](C(c3ccccc3)(c3ccccc3)[c-]3cccc3)c2c1.[Li+].[Li+]. The molecule has 0 saturated carbocycles. The summed E-state index contributed by atoms with van der Waals surface area (Å²) >= 11 is 0. The first-order valence-electron chi connectivity index (χ1n) is 17.4. The van der Waals surface area contributed by atoms with Crippen LogP contribution < -0.4 is 37.7 Å². The molecule has 51 heavy (non-hydrogen) atoms. The third-order valence-corrected chi connectivity index (χ3v) is 11.2. The van der Waals surface area contributed by atoms with Crippen LogP contribution >= 0.6 is 0 Å². The van der Waals surface area contributed by atoms with Crippen molar-refractivity contribution in [1.82, 2.24) is 0 Å². The van der Waals surface area contributed by atoms with Crippen molar-refractivity contribution in [1.29, 1.82) is 0 Å². The Kier molecular flexibility index (Phi) is 10.3. The average Bonchev–Trinajstić information content (AvgIpc) is 3.81. The molecule has 0 atom stereocenters. The smallest absolute Gasteiger partial charge is 0.213 e. The van der Waals surface area contributed by atoms with Gasteiger partial charge in [0.25, 0.3) is 0 Å². The molecule has 8 aromatic rings. The topological polar surface area (TPSA) is 0 Å². The monoisotopic (exact) mass is 644 g/mol. The van der Waals surface area contributed by atoms with Gasteiger partial charge in [0.05, 0.1) is 0 Å². The van der Waals surface area contributed by atoms with E-state index in [2.05, 4.69) is 210 Å². The van der Waals surface area contributed by atoms with E-state index in [0.717, 1.165) is 0 Å². The third kappa shape index (κ3) is 6.00. The Morgan fingerprint density at radius 1 is 0.353 bits per heavy atom. The minimum atomic E-state index is -0.558. The van der Waals surface area contributed by atoms with Gasteiger partial charge in [0.15, 0.2) is 0 Å². The van der Waals surface area contributed by atoms with E-state index >= 15 is 0 Å². The van der Waals surface area contributed by atoms with Gasteiger partial charge in [0.1, 0.15) is 0 Å². The molecule has 0 fully saturated rings. The summed E-state index contributed by atoms with van der Waals surface area (Å²) in [5.41, 5.74) is 9.48. The number of benzene rings is 6. The molecule has 0 unspecified atom stereocenters. The molecule has 8 aromatic carbocycles. The van der Waals surface area contributed by atoms with Gasteiger partial charge in [0, 0.05) is 10.8 Å². The maximum atomic E-state index is 2.50. The van der Waals surface area contributed by atoms with Crippen LogP contribution in [-0.4, -0.2) is 0 Å². The van der Waals surface area contributed by atoms with E-state index in [1.54, 1.807) is 0 Å². The van der Waals surface area contributed by atoms with Gasteiger partial charge < -0.3 is 0 Å². The summed E-state index contributed by atoms with van der Waals surface area (Å²) in [5, 5.41) is 5.20. The Labute approximate surface area is 327 Å². The van der Waals surface area contributed by atoms with E-state index in [0.29, 0.717) is 0 Å². The molecule has 0 aliphatic rings. The first-order valence-corrected chi connectivity index (χ1v) is 17.4. The van der Waals surface area contributed by atoms with Crippen LogP contribution in [-0.2, 0) is 16.2 Å². The number of fused-ring (bicyclic) bond motifs is 3. The standard InChI is InChI=1S/C49H42.2Li/c1-47(2,35-19-9-5-10-20-35)40-29-31-42-43-32-30-41(48(3,4)36-21-11-6-12-22-36)34-45(43)46(44(42)33-40)49(39-27-17-18-28-39,37-23-13-7-14-24-37)38-25-15-8-16-26-38;;/h5-34H,1-4H3;;/q-2;2*+1. The van der Waals surface area contributed by atoms with Crippen molar-refractivity contribution in [2.24, 2.45) is 0 Å². The Hall–Kier alpha value is -4.27. The van der Waals surface area contributed by atoms with E-state index in [1.165, 1.54) is 66.1 Å². The van der Waals surface area contributed by atoms with Crippen molar-refractivity contribution in [3.05, 3.63) is 226 Å². The molecular formula is C49H42Li2. The molecule has 240 valence electrons. The number of rotatable bonds is 8. The van der Waals surface area contributed by atoms with E-state index in [9.17, 15) is 0 Å². The summed E-state index contributed by atoms with van der Waals surface area (Å²) in [6.45, 7) is 9.41. The summed E-state index contributed by atoms with van der Waals surface area (Å²) in [5.74, 6) is 0. The quantitative estimate of drug-likeness (QED) is 0.131. The average molecular weight is 645 g/mol. The zero-order valence-electron chi connectivity index (χ0n) is 30.8. The van der Waals surface area contributed by atoms with Gasteiger partial charge in [-0.3, -0.25) is 0 Å². The normalized spacial score (nSPS) is 12.0. The minimum Gasteiger partial charge on any atom is -0.213 e. The molecule has 0 amide bonds. The molecule has 0 aliphatic carbocycles. The Morgan fingerprint density at radius 2 is 0.686 bits per heavy atom. The molecule has 0 heterocycles. The first-order chi connectivity index (χ1) is 23.8. The molecule has 0 nitrogen and oxygen atoms in total. The van der Waals surface area contributed by atoms with Gasteiger partial charge in [-0.2, -0.15) is 12.1 Å². The maximum absolute atomic E-state index is 2.50. The van der Waals surface area contributed by atoms with E-state index in [1.807, 2.05) is 0 Å². The first kappa shape index (κ1) is 36.5. The maximum Gasteiger partial charge on any atom is 1.00 e. The molecule has 0 aliphatic heterocycles. The second-order valence-corrected chi connectivity index (χ2v) is 14.5. The molecule has 0 bridgehead atoms. The zero-order chi connectivity index (χ0) is 33.6. The Morgan fingerprint density at radius 3 is 1.04 bits per heavy atom. The van der Waals surface area contributed by atoms with Gasteiger partial charge in [0.2, 0.25) is 0 Å². The zero-order valence-corrected chi connectivity index (χ0v) is 30.8. The van der Waals surface area contributed by atoms with Crippen LogP contribution in [0.15, 0.2) is 182 Å². The Balaban J connectivity index is 0.00000224. The van der Waals surface area contributed by atoms with Crippen LogP contribution in [0, 0.1) is 0 Å². The number of hydrogen-bond donors (Lipinski definition) is 0. The largest absolute Gasteiger partial charge is 1.00 e. The van der Waals surface area contributed by atoms with Crippen molar-refractivity contribution in [2.75, 3.05) is 0 Å². The summed E-state index contributed by atoms with van der Waals surface area (Å²) in [6, 6.07) is 67.7. The Bertz CT molecular complexity index is 2200. The fraction of sp³-hybridized carbons (Fsp3) is 0.143. The van der Waals surface area contributed by atoms with Crippen LogP contribution in [0.5, 0.6) is 0 Å². The summed E-state index contributed by atoms with van der Waals surface area (Å²) in [4.78, 5) is 0. The molecule has 0 saturated heterocycles. The molecule has 0 radical (unpaired) electrons. The number of hydrogen-bond acceptors (Lipinski definition) is 0. The van der Waals surface area contributed by atoms with Crippen LogP contribution in [0.3, 0.4) is 0 Å². The van der Waals surface area contributed by atoms with Gasteiger partial charge in [-0.1, -0.05) is 184 Å². The van der Waals surface area contributed by atoms with E-state index in [4.69, 9.17) is 0 Å². The fourth-order valence-corrected chi connectivity index (χ4v) is 8.27. The second-order valence-electron chi connectivity index (χ2n) is 14.5. The summed E-state index contributed by atoms with van der Waals surface area (Å²) < 4.78 is 0. The van der Waals surface area contributed by atoms with Crippen molar-refractivity contribution in [3.8, 4) is 0 Å². The summed E-state index contributed by atoms with van der Waals surface area (Å²) in [6.07, 6.45) is 0. The fourth-order valence-electron chi connectivity index (χ4n) is 8.27. The second kappa shape index (κ2) is 14.4. The minimum absolute atomic E-state index is 0. The van der Waals surface area contributed by atoms with Gasteiger partial charge in [-0.15, -0.1) is 44.8 Å². The van der Waals surface area contributed by atoms with Crippen molar-refractivity contribution < 1.29 is 37.7 Å². The van der Waals surface area contributed by atoms with Crippen LogP contribution in [0.1, 0.15) is 72.2 Å². The molecular weight excluding hydrogens is 602 g/mol. The van der Waals surface area contributed by atoms with Crippen LogP contribution in [0.2, 0.25) is 0 Å². The van der Waals surface area contributed by atoms with Crippen LogP contribution in [0.25, 0.3) is 21.5 Å². The van der Waals surface area contributed by atoms with Gasteiger partial charge in [-0.05, 0) is 27.7 Å². The van der Waals surface area contributed by atoms with Crippen LogP contribution in [0.4, 0.5) is 0 Å². The predicted molar refractivity (Wildman–Crippen MR) is 208 cm³/mol. The molecule has 0 aromatic heterocycles. The van der Waals surface area contributed by atoms with E-state index in [-0.39, 0.29) is 48.6 Å². The predicted octanol–water partition coefficient (Wildman–Crippen LogP) is 6.47. The van der Waals surface area contributed by atoms with Crippen molar-refractivity contribution in [2.45, 2.75) is 43.9 Å². The van der Waals surface area contributed by atoms with Crippen molar-refractivity contribution in [3.63, 3.8) is 0 Å². The molecule has 8 rings (SSSR count). The van der Waals surface area contributed by atoms with E-state index < -0.39 is 5.41 Å². The summed E-state index contributed by atoms with van der Waals surface area (Å²) in [7, 11) is 0. The van der Waals surface area contributed by atoms with Gasteiger partial charge >= 0.3 is 37.7 Å².